The van der Waals surface area contributed by atoms with E-state index in [1.807, 2.05) is 0 Å². The molecule has 0 radical (unpaired) electrons. The zero-order valence-electron chi connectivity index (χ0n) is 14.2. The van der Waals surface area contributed by atoms with Gasteiger partial charge in [-0.1, -0.05) is 19.8 Å². The number of carbonyl (C=O) groups excluding carboxylic acids is 2. The van der Waals surface area contributed by atoms with E-state index in [1.165, 1.54) is 0 Å². The number of unbranched alkanes of at least 4 members (excludes halogenated alkanes) is 2. The molecule has 6 nitrogen and oxygen atoms in total. The predicted molar refractivity (Wildman–Crippen MR) is 82.4 cm³/mol. The molecule has 0 spiro atoms. The molecular formula is C16H30O6. The monoisotopic (exact) mass is 318 g/mol. The van der Waals surface area contributed by atoms with Gasteiger partial charge in [-0.15, -0.1) is 0 Å². The summed E-state index contributed by atoms with van der Waals surface area (Å²) >= 11 is 0. The van der Waals surface area contributed by atoms with Crippen molar-refractivity contribution in [3.05, 3.63) is 0 Å². The molecule has 0 aromatic heterocycles. The maximum absolute atomic E-state index is 11.5. The molecule has 0 bridgehead atoms. The summed E-state index contributed by atoms with van der Waals surface area (Å²) in [6.45, 7) is 8.14. The summed E-state index contributed by atoms with van der Waals surface area (Å²) in [5, 5.41) is 9.61. The van der Waals surface area contributed by atoms with Crippen LogP contribution in [0.1, 0.15) is 59.8 Å². The van der Waals surface area contributed by atoms with Gasteiger partial charge in [0.15, 0.2) is 6.10 Å². The number of carbonyl (C=O) groups is 2. The minimum atomic E-state index is -1.21. The highest BCUT2D eigenvalue weighted by molar-refractivity contribution is 5.74. The minimum absolute atomic E-state index is 0.139. The molecule has 0 aliphatic rings. The molecule has 0 aromatic carbocycles. The maximum Gasteiger partial charge on any atom is 0.335 e. The Bertz CT molecular complexity index is 321. The molecule has 0 heterocycles. The van der Waals surface area contributed by atoms with Gasteiger partial charge in [0.25, 0.3) is 0 Å². The van der Waals surface area contributed by atoms with Crippen LogP contribution in [0.25, 0.3) is 0 Å². The van der Waals surface area contributed by atoms with Gasteiger partial charge in [0.2, 0.25) is 0 Å². The third-order valence-corrected chi connectivity index (χ3v) is 2.68. The van der Waals surface area contributed by atoms with E-state index in [2.05, 4.69) is 6.92 Å². The highest BCUT2D eigenvalue weighted by Crippen LogP contribution is 2.09. The molecule has 130 valence electrons. The predicted octanol–water partition coefficient (Wildman–Crippen LogP) is 2.22. The van der Waals surface area contributed by atoms with Crippen LogP contribution in [0.4, 0.5) is 0 Å². The number of ether oxygens (including phenoxy) is 3. The first-order chi connectivity index (χ1) is 10.3. The summed E-state index contributed by atoms with van der Waals surface area (Å²) in [4.78, 5) is 22.8. The highest BCUT2D eigenvalue weighted by Gasteiger charge is 2.22. The van der Waals surface area contributed by atoms with Crippen LogP contribution >= 0.6 is 0 Å². The third-order valence-electron chi connectivity index (χ3n) is 2.68. The van der Waals surface area contributed by atoms with Crippen molar-refractivity contribution in [3.8, 4) is 0 Å². The molecule has 0 saturated carbocycles. The van der Waals surface area contributed by atoms with Crippen LogP contribution in [0.2, 0.25) is 0 Å². The maximum atomic E-state index is 11.5. The van der Waals surface area contributed by atoms with Gasteiger partial charge in [0, 0.05) is 13.0 Å². The number of aliphatic hydroxyl groups is 1. The van der Waals surface area contributed by atoms with E-state index in [-0.39, 0.29) is 32.0 Å². The van der Waals surface area contributed by atoms with E-state index in [9.17, 15) is 14.7 Å². The van der Waals surface area contributed by atoms with Crippen LogP contribution in [0.15, 0.2) is 0 Å². The van der Waals surface area contributed by atoms with Gasteiger partial charge < -0.3 is 19.3 Å². The van der Waals surface area contributed by atoms with E-state index < -0.39 is 17.7 Å². The van der Waals surface area contributed by atoms with Crippen molar-refractivity contribution < 1.29 is 28.9 Å². The Balaban J connectivity index is 3.59. The first-order valence-electron chi connectivity index (χ1n) is 7.90. The van der Waals surface area contributed by atoms with Crippen molar-refractivity contribution in [2.75, 3.05) is 19.8 Å². The molecule has 0 fully saturated rings. The lowest BCUT2D eigenvalue weighted by molar-refractivity contribution is -0.166. The van der Waals surface area contributed by atoms with Gasteiger partial charge in [-0.2, -0.15) is 0 Å². The van der Waals surface area contributed by atoms with E-state index in [1.54, 1.807) is 20.8 Å². The number of esters is 2. The average molecular weight is 318 g/mol. The highest BCUT2D eigenvalue weighted by atomic mass is 16.6. The first-order valence-corrected chi connectivity index (χ1v) is 7.90. The number of hydrogen-bond donors (Lipinski definition) is 1. The fourth-order valence-corrected chi connectivity index (χ4v) is 1.55. The normalized spacial score (nSPS) is 12.8. The molecule has 0 aliphatic carbocycles. The van der Waals surface area contributed by atoms with Crippen LogP contribution in [0.3, 0.4) is 0 Å². The van der Waals surface area contributed by atoms with Crippen LogP contribution < -0.4 is 0 Å². The van der Waals surface area contributed by atoms with E-state index in [4.69, 9.17) is 14.2 Å². The van der Waals surface area contributed by atoms with E-state index >= 15 is 0 Å². The molecular weight excluding hydrogens is 288 g/mol. The summed E-state index contributed by atoms with van der Waals surface area (Å²) in [6, 6.07) is 0. The number of rotatable bonds is 11. The zero-order valence-corrected chi connectivity index (χ0v) is 14.2. The van der Waals surface area contributed by atoms with Gasteiger partial charge in [-0.25, -0.2) is 4.79 Å². The average Bonchev–Trinajstić information content (AvgIpc) is 2.41. The van der Waals surface area contributed by atoms with Gasteiger partial charge in [0.1, 0.15) is 5.60 Å². The molecule has 0 rings (SSSR count). The largest absolute Gasteiger partial charge is 0.466 e. The van der Waals surface area contributed by atoms with Crippen LogP contribution in [0.5, 0.6) is 0 Å². The lowest BCUT2D eigenvalue weighted by atomic mass is 10.2. The topological polar surface area (TPSA) is 82.1 Å². The van der Waals surface area contributed by atoms with Crippen LogP contribution in [0, 0.1) is 0 Å². The number of hydrogen-bond acceptors (Lipinski definition) is 6. The van der Waals surface area contributed by atoms with E-state index in [0.29, 0.717) is 6.61 Å². The van der Waals surface area contributed by atoms with Crippen molar-refractivity contribution in [1.29, 1.82) is 0 Å². The first kappa shape index (κ1) is 20.9. The number of aliphatic hydroxyl groups excluding tert-OH is 1. The zero-order chi connectivity index (χ0) is 17.0. The molecule has 0 aromatic rings. The summed E-state index contributed by atoms with van der Waals surface area (Å²) in [5.41, 5.74) is -0.625. The van der Waals surface area contributed by atoms with E-state index in [0.717, 1.165) is 19.3 Å². The van der Waals surface area contributed by atoms with Crippen LogP contribution in [-0.4, -0.2) is 48.6 Å². The standard InChI is InChI=1S/C16H30O6/c1-5-6-7-10-21-14(18)9-12-20-11-8-13(17)15(19)22-16(2,3)4/h13,17H,5-12H2,1-4H3. The second-order valence-electron chi connectivity index (χ2n) is 6.13. The van der Waals surface area contributed by atoms with Crippen molar-refractivity contribution in [1.82, 2.24) is 0 Å². The van der Waals surface area contributed by atoms with Crippen molar-refractivity contribution in [3.63, 3.8) is 0 Å². The van der Waals surface area contributed by atoms with Crippen molar-refractivity contribution >= 4 is 11.9 Å². The quantitative estimate of drug-likeness (QED) is 0.464. The summed E-state index contributed by atoms with van der Waals surface area (Å²) in [6.07, 6.45) is 2.12. The van der Waals surface area contributed by atoms with Crippen LogP contribution in [-0.2, 0) is 23.8 Å². The van der Waals surface area contributed by atoms with Gasteiger partial charge >= 0.3 is 11.9 Å². The second kappa shape index (κ2) is 11.4. The Hall–Kier alpha value is -1.14. The summed E-state index contributed by atoms with van der Waals surface area (Å²) in [7, 11) is 0. The summed E-state index contributed by atoms with van der Waals surface area (Å²) in [5.74, 6) is -0.949. The minimum Gasteiger partial charge on any atom is -0.466 e. The van der Waals surface area contributed by atoms with Gasteiger partial charge in [-0.3, -0.25) is 4.79 Å². The lowest BCUT2D eigenvalue weighted by Gasteiger charge is -2.21. The Morgan fingerprint density at radius 3 is 2.36 bits per heavy atom. The molecule has 1 N–H and O–H groups in total. The molecule has 1 atom stereocenters. The van der Waals surface area contributed by atoms with Crippen molar-refractivity contribution in [2.24, 2.45) is 0 Å². The molecule has 22 heavy (non-hydrogen) atoms. The molecule has 6 heteroatoms. The van der Waals surface area contributed by atoms with Gasteiger partial charge in [0.05, 0.1) is 19.6 Å². The third kappa shape index (κ3) is 12.6. The fraction of sp³-hybridized carbons (Fsp3) is 0.875. The second-order valence-corrected chi connectivity index (χ2v) is 6.13. The van der Waals surface area contributed by atoms with Gasteiger partial charge in [-0.05, 0) is 27.2 Å². The Kier molecular flexibility index (Phi) is 10.8. The Labute approximate surface area is 133 Å². The smallest absolute Gasteiger partial charge is 0.335 e. The molecule has 0 aliphatic heterocycles. The van der Waals surface area contributed by atoms with Crippen molar-refractivity contribution in [2.45, 2.75) is 71.5 Å². The Morgan fingerprint density at radius 1 is 1.09 bits per heavy atom. The molecule has 0 saturated heterocycles. The fourth-order valence-electron chi connectivity index (χ4n) is 1.55. The molecule has 1 unspecified atom stereocenters. The Morgan fingerprint density at radius 2 is 1.77 bits per heavy atom. The summed E-state index contributed by atoms with van der Waals surface area (Å²) < 4.78 is 15.3. The SMILES string of the molecule is CCCCCOC(=O)CCOCCC(O)C(=O)OC(C)(C)C. The molecule has 0 amide bonds. The lowest BCUT2D eigenvalue weighted by Crippen LogP contribution is -2.32.